The van der Waals surface area contributed by atoms with Crippen molar-refractivity contribution in [1.82, 2.24) is 4.98 Å². The van der Waals surface area contributed by atoms with Gasteiger partial charge in [0.2, 0.25) is 0 Å². The van der Waals surface area contributed by atoms with E-state index < -0.39 is 6.09 Å². The minimum Gasteiger partial charge on any atom is -0.449 e. The molecule has 4 nitrogen and oxygen atoms in total. The third kappa shape index (κ3) is 5.20. The van der Waals surface area contributed by atoms with E-state index in [4.69, 9.17) is 10.5 Å². The quantitative estimate of drug-likeness (QED) is 0.565. The molecule has 170 valence electrons. The summed E-state index contributed by atoms with van der Waals surface area (Å²) in [4.78, 5) is 15.8. The van der Waals surface area contributed by atoms with Crippen LogP contribution in [-0.2, 0) is 4.74 Å². The number of carbonyl (C=O) groups is 1. The zero-order chi connectivity index (χ0) is 22.5. The SMILES string of the molecule is CC[C@H]1[C@H](COC(N)=O)C[C@@H]2CCCC[C@H]2[C@@H]1C=Cc1ccc(-c2cccc(F)c2)cn1. The molecular weight excluding hydrogens is 403 g/mol. The van der Waals surface area contributed by atoms with Crippen LogP contribution in [0.5, 0.6) is 0 Å². The van der Waals surface area contributed by atoms with E-state index in [0.717, 1.165) is 29.7 Å². The fraction of sp³-hybridized carbons (Fsp3) is 0.481. The maximum Gasteiger partial charge on any atom is 0.404 e. The molecule has 0 saturated heterocycles. The minimum atomic E-state index is -0.680. The third-order valence-electron chi connectivity index (χ3n) is 7.51. The van der Waals surface area contributed by atoms with Gasteiger partial charge in [0.1, 0.15) is 5.82 Å². The highest BCUT2D eigenvalue weighted by atomic mass is 19.1. The lowest BCUT2D eigenvalue weighted by atomic mass is 9.57. The second-order valence-electron chi connectivity index (χ2n) is 9.32. The molecule has 2 aliphatic carbocycles. The van der Waals surface area contributed by atoms with E-state index in [2.05, 4.69) is 24.1 Å². The fourth-order valence-electron chi connectivity index (χ4n) is 6.06. The highest BCUT2D eigenvalue weighted by Gasteiger charge is 2.43. The summed E-state index contributed by atoms with van der Waals surface area (Å²) in [5.41, 5.74) is 7.89. The largest absolute Gasteiger partial charge is 0.449 e. The van der Waals surface area contributed by atoms with Gasteiger partial charge in [0, 0.05) is 11.8 Å². The summed E-state index contributed by atoms with van der Waals surface area (Å²) in [5, 5.41) is 0. The van der Waals surface area contributed by atoms with E-state index in [9.17, 15) is 9.18 Å². The van der Waals surface area contributed by atoms with Gasteiger partial charge in [-0.05, 0) is 72.3 Å². The number of hydrogen-bond donors (Lipinski definition) is 1. The molecular formula is C27H33FN2O2. The molecule has 0 bridgehead atoms. The standard InChI is InChI=1S/C27H33FN2O2/c1-2-24-21(17-32-27(29)31)14-19-6-3-4-9-25(19)26(24)13-12-23-11-10-20(16-30-23)18-7-5-8-22(28)15-18/h5,7-8,10-13,15-16,19,21,24-26H,2-4,6,9,14,17H2,1H3,(H2,29,31)/t19-,21-,24-,25+,26+/m0/s1. The molecule has 32 heavy (non-hydrogen) atoms. The highest BCUT2D eigenvalue weighted by Crippen LogP contribution is 2.50. The molecule has 5 atom stereocenters. The van der Waals surface area contributed by atoms with E-state index in [1.165, 1.54) is 37.8 Å². The molecule has 0 spiro atoms. The van der Waals surface area contributed by atoms with Gasteiger partial charge in [0.05, 0.1) is 12.3 Å². The van der Waals surface area contributed by atoms with Crippen molar-refractivity contribution in [3.63, 3.8) is 0 Å². The third-order valence-corrected chi connectivity index (χ3v) is 7.51. The van der Waals surface area contributed by atoms with Crippen LogP contribution in [0.25, 0.3) is 17.2 Å². The number of rotatable bonds is 6. The first-order chi connectivity index (χ1) is 15.5. The van der Waals surface area contributed by atoms with Gasteiger partial charge in [-0.25, -0.2) is 9.18 Å². The van der Waals surface area contributed by atoms with Crippen molar-refractivity contribution in [1.29, 1.82) is 0 Å². The van der Waals surface area contributed by atoms with Crippen LogP contribution in [0.4, 0.5) is 9.18 Å². The molecule has 0 aliphatic heterocycles. The van der Waals surface area contributed by atoms with Crippen LogP contribution in [-0.4, -0.2) is 17.7 Å². The van der Waals surface area contributed by atoms with E-state index in [1.54, 1.807) is 12.3 Å². The molecule has 2 aromatic rings. The lowest BCUT2D eigenvalue weighted by molar-refractivity contribution is 0.00304. The summed E-state index contributed by atoms with van der Waals surface area (Å²) >= 11 is 0. The summed E-state index contributed by atoms with van der Waals surface area (Å²) in [6, 6.07) is 10.6. The molecule has 2 saturated carbocycles. The lowest BCUT2D eigenvalue weighted by Gasteiger charge is -2.48. The van der Waals surface area contributed by atoms with Gasteiger partial charge in [-0.3, -0.25) is 4.98 Å². The maximum absolute atomic E-state index is 13.5. The first-order valence-corrected chi connectivity index (χ1v) is 11.9. The average molecular weight is 437 g/mol. The number of carbonyl (C=O) groups excluding carboxylic acids is 1. The Balaban J connectivity index is 1.53. The fourth-order valence-corrected chi connectivity index (χ4v) is 6.06. The number of primary amides is 1. The molecule has 1 amide bonds. The number of ether oxygens (including phenoxy) is 1. The predicted octanol–water partition coefficient (Wildman–Crippen LogP) is 6.46. The van der Waals surface area contributed by atoms with Gasteiger partial charge in [-0.2, -0.15) is 0 Å². The van der Waals surface area contributed by atoms with Crippen molar-refractivity contribution < 1.29 is 13.9 Å². The van der Waals surface area contributed by atoms with Crippen LogP contribution in [0.15, 0.2) is 48.7 Å². The van der Waals surface area contributed by atoms with Crippen LogP contribution in [0.2, 0.25) is 0 Å². The van der Waals surface area contributed by atoms with Crippen LogP contribution in [0, 0.1) is 35.4 Å². The molecule has 2 fully saturated rings. The number of hydrogen-bond acceptors (Lipinski definition) is 3. The molecule has 1 aromatic carbocycles. The molecule has 4 rings (SSSR count). The number of amides is 1. The zero-order valence-electron chi connectivity index (χ0n) is 18.8. The number of allylic oxidation sites excluding steroid dienone is 1. The van der Waals surface area contributed by atoms with Gasteiger partial charge >= 0.3 is 6.09 Å². The number of halogens is 1. The number of nitrogens with two attached hydrogens (primary N) is 1. The van der Waals surface area contributed by atoms with Crippen LogP contribution in [0.3, 0.4) is 0 Å². The zero-order valence-corrected chi connectivity index (χ0v) is 18.8. The molecule has 0 radical (unpaired) electrons. The minimum absolute atomic E-state index is 0.244. The Morgan fingerprint density at radius 3 is 2.78 bits per heavy atom. The molecule has 2 N–H and O–H groups in total. The van der Waals surface area contributed by atoms with Crippen LogP contribution < -0.4 is 5.73 Å². The summed E-state index contributed by atoms with van der Waals surface area (Å²) in [7, 11) is 0. The van der Waals surface area contributed by atoms with E-state index in [-0.39, 0.29) is 5.82 Å². The molecule has 0 unspecified atom stereocenters. The van der Waals surface area contributed by atoms with Gasteiger partial charge in [-0.15, -0.1) is 0 Å². The first kappa shape index (κ1) is 22.5. The van der Waals surface area contributed by atoms with Crippen molar-refractivity contribution in [3.05, 3.63) is 60.2 Å². The Kier molecular flexibility index (Phi) is 7.23. The Morgan fingerprint density at radius 2 is 2.06 bits per heavy atom. The van der Waals surface area contributed by atoms with Crippen molar-refractivity contribution in [2.75, 3.05) is 6.61 Å². The second kappa shape index (κ2) is 10.3. The number of fused-ring (bicyclic) bond motifs is 1. The second-order valence-corrected chi connectivity index (χ2v) is 9.32. The summed E-state index contributed by atoms with van der Waals surface area (Å²) in [6.45, 7) is 2.65. The van der Waals surface area contributed by atoms with Gasteiger partial charge < -0.3 is 10.5 Å². The predicted molar refractivity (Wildman–Crippen MR) is 125 cm³/mol. The Morgan fingerprint density at radius 1 is 1.22 bits per heavy atom. The number of pyridine rings is 1. The topological polar surface area (TPSA) is 65.2 Å². The summed E-state index contributed by atoms with van der Waals surface area (Å²) in [5.74, 6) is 2.39. The monoisotopic (exact) mass is 436 g/mol. The van der Waals surface area contributed by atoms with E-state index >= 15 is 0 Å². The van der Waals surface area contributed by atoms with E-state index in [1.807, 2.05) is 18.2 Å². The first-order valence-electron chi connectivity index (χ1n) is 11.9. The van der Waals surface area contributed by atoms with Gasteiger partial charge in [0.15, 0.2) is 0 Å². The Hall–Kier alpha value is -2.69. The lowest BCUT2D eigenvalue weighted by Crippen LogP contribution is -2.42. The van der Waals surface area contributed by atoms with Gasteiger partial charge in [0.25, 0.3) is 0 Å². The smallest absolute Gasteiger partial charge is 0.404 e. The molecule has 5 heteroatoms. The van der Waals surface area contributed by atoms with E-state index in [0.29, 0.717) is 36.2 Å². The summed E-state index contributed by atoms with van der Waals surface area (Å²) in [6.07, 6.45) is 12.9. The van der Waals surface area contributed by atoms with Crippen LogP contribution in [0.1, 0.15) is 51.1 Å². The number of nitrogens with zero attached hydrogens (tertiary/aromatic N) is 1. The molecule has 1 aromatic heterocycles. The van der Waals surface area contributed by atoms with Crippen molar-refractivity contribution in [2.45, 2.75) is 45.4 Å². The number of benzene rings is 1. The number of aromatic nitrogens is 1. The Bertz CT molecular complexity index is 943. The molecule has 1 heterocycles. The van der Waals surface area contributed by atoms with Crippen molar-refractivity contribution >= 4 is 12.2 Å². The Labute approximate surface area is 190 Å². The summed E-state index contributed by atoms with van der Waals surface area (Å²) < 4.78 is 18.8. The maximum atomic E-state index is 13.5. The average Bonchev–Trinajstić information content (AvgIpc) is 2.81. The van der Waals surface area contributed by atoms with Crippen molar-refractivity contribution in [2.24, 2.45) is 35.3 Å². The van der Waals surface area contributed by atoms with Crippen molar-refractivity contribution in [3.8, 4) is 11.1 Å². The normalized spacial score (nSPS) is 27.8. The van der Waals surface area contributed by atoms with Gasteiger partial charge in [-0.1, -0.05) is 56.9 Å². The highest BCUT2D eigenvalue weighted by molar-refractivity contribution is 5.64. The van der Waals surface area contributed by atoms with Crippen LogP contribution >= 0.6 is 0 Å². The molecule has 2 aliphatic rings.